The number of hydrogen-bond donors (Lipinski definition) is 2. The Morgan fingerprint density at radius 2 is 1.74 bits per heavy atom. The lowest BCUT2D eigenvalue weighted by molar-refractivity contribution is 0.0956. The predicted molar refractivity (Wildman–Crippen MR) is 136 cm³/mol. The van der Waals surface area contributed by atoms with E-state index in [1.807, 2.05) is 85.8 Å². The molecule has 0 unspecified atom stereocenters. The lowest BCUT2D eigenvalue weighted by Crippen LogP contribution is -2.26. The van der Waals surface area contributed by atoms with Crippen molar-refractivity contribution in [2.45, 2.75) is 13.3 Å². The topological polar surface area (TPSA) is 98.2 Å². The van der Waals surface area contributed by atoms with Crippen LogP contribution in [0.2, 0.25) is 0 Å². The van der Waals surface area contributed by atoms with Gasteiger partial charge in [0.1, 0.15) is 16.9 Å². The van der Waals surface area contributed by atoms with Gasteiger partial charge in [0.05, 0.1) is 17.2 Å². The zero-order valence-electron chi connectivity index (χ0n) is 18.8. The molecular weight excluding hydrogens is 424 g/mol. The van der Waals surface area contributed by atoms with Crippen LogP contribution in [0.3, 0.4) is 0 Å². The first kappa shape index (κ1) is 21.3. The summed E-state index contributed by atoms with van der Waals surface area (Å²) in [7, 11) is 0. The van der Waals surface area contributed by atoms with Crippen molar-refractivity contribution in [1.29, 1.82) is 0 Å². The number of anilines is 1. The summed E-state index contributed by atoms with van der Waals surface area (Å²) in [4.78, 5) is 22.7. The molecule has 2 heterocycles. The molecule has 0 aliphatic heterocycles. The third-order valence-electron chi connectivity index (χ3n) is 5.61. The Morgan fingerprint density at radius 3 is 2.50 bits per heavy atom. The number of para-hydroxylation sites is 2. The molecular formula is C27H24N6O. The number of hydrogen-bond acceptors (Lipinski definition) is 5. The van der Waals surface area contributed by atoms with Crippen LogP contribution in [0.15, 0.2) is 84.0 Å². The molecule has 3 N–H and O–H groups in total. The van der Waals surface area contributed by atoms with Gasteiger partial charge >= 0.3 is 0 Å². The van der Waals surface area contributed by atoms with Crippen LogP contribution in [0.4, 0.5) is 5.82 Å². The van der Waals surface area contributed by atoms with Gasteiger partial charge < -0.3 is 11.1 Å². The summed E-state index contributed by atoms with van der Waals surface area (Å²) >= 11 is 0. The first-order chi connectivity index (χ1) is 16.6. The van der Waals surface area contributed by atoms with Crippen LogP contribution in [0, 0.1) is 6.92 Å². The van der Waals surface area contributed by atoms with Crippen LogP contribution in [0.5, 0.6) is 0 Å². The molecule has 0 fully saturated rings. The maximum atomic E-state index is 13.2. The van der Waals surface area contributed by atoms with Gasteiger partial charge in [-0.25, -0.2) is 9.97 Å². The Morgan fingerprint density at radius 1 is 1.00 bits per heavy atom. The Hall–Kier alpha value is -4.52. The third-order valence-corrected chi connectivity index (χ3v) is 5.61. The summed E-state index contributed by atoms with van der Waals surface area (Å²) in [6.07, 6.45) is 2.42. The number of nitrogen functional groups attached to an aromatic ring is 1. The van der Waals surface area contributed by atoms with E-state index in [2.05, 4.69) is 10.4 Å². The van der Waals surface area contributed by atoms with Crippen LogP contribution in [0.25, 0.3) is 22.2 Å². The van der Waals surface area contributed by atoms with Crippen molar-refractivity contribution in [3.8, 4) is 0 Å². The zero-order valence-corrected chi connectivity index (χ0v) is 18.8. The van der Waals surface area contributed by atoms with Crippen LogP contribution >= 0.6 is 0 Å². The molecule has 0 saturated carbocycles. The van der Waals surface area contributed by atoms with Gasteiger partial charge in [-0.05, 0) is 36.6 Å². The van der Waals surface area contributed by atoms with Gasteiger partial charge in [-0.15, -0.1) is 0 Å². The largest absolute Gasteiger partial charge is 0.383 e. The first-order valence-corrected chi connectivity index (χ1v) is 11.1. The smallest absolute Gasteiger partial charge is 0.257 e. The molecule has 0 bridgehead atoms. The maximum Gasteiger partial charge on any atom is 0.257 e. The number of benzene rings is 3. The fourth-order valence-electron chi connectivity index (χ4n) is 3.92. The lowest BCUT2D eigenvalue weighted by Gasteiger charge is -2.05. The molecule has 7 heteroatoms. The molecule has 0 aliphatic rings. The van der Waals surface area contributed by atoms with E-state index in [0.717, 1.165) is 16.7 Å². The van der Waals surface area contributed by atoms with Crippen molar-refractivity contribution in [3.63, 3.8) is 0 Å². The second kappa shape index (κ2) is 9.15. The van der Waals surface area contributed by atoms with E-state index in [1.54, 1.807) is 6.21 Å². The molecule has 7 nitrogen and oxygen atoms in total. The molecule has 0 radical (unpaired) electrons. The minimum atomic E-state index is -0.299. The van der Waals surface area contributed by atoms with Crippen molar-refractivity contribution in [1.82, 2.24) is 20.0 Å². The lowest BCUT2D eigenvalue weighted by atomic mass is 10.1. The molecule has 1 amide bonds. The highest BCUT2D eigenvalue weighted by Crippen LogP contribution is 2.27. The van der Waals surface area contributed by atoms with Crippen LogP contribution in [-0.4, -0.2) is 33.3 Å². The molecule has 0 atom stereocenters. The van der Waals surface area contributed by atoms with Gasteiger partial charge in [0.2, 0.25) is 0 Å². The van der Waals surface area contributed by atoms with Crippen molar-refractivity contribution in [3.05, 3.63) is 101 Å². The van der Waals surface area contributed by atoms with Crippen molar-refractivity contribution < 1.29 is 4.79 Å². The van der Waals surface area contributed by atoms with Gasteiger partial charge in [0, 0.05) is 6.54 Å². The highest BCUT2D eigenvalue weighted by Gasteiger charge is 2.23. The first-order valence-electron chi connectivity index (χ1n) is 11.1. The molecule has 168 valence electrons. The van der Waals surface area contributed by atoms with Crippen molar-refractivity contribution in [2.24, 2.45) is 5.10 Å². The average molecular weight is 449 g/mol. The number of aromatic nitrogens is 3. The highest BCUT2D eigenvalue weighted by molar-refractivity contribution is 6.10. The Labute approximate surface area is 197 Å². The Bertz CT molecular complexity index is 1520. The number of nitrogens with one attached hydrogen (secondary N) is 1. The van der Waals surface area contributed by atoms with Crippen molar-refractivity contribution >= 4 is 40.1 Å². The normalized spacial score (nSPS) is 11.4. The van der Waals surface area contributed by atoms with Gasteiger partial charge in [0.25, 0.3) is 5.91 Å². The number of nitrogens with zero attached hydrogens (tertiary/aromatic N) is 4. The minimum Gasteiger partial charge on any atom is -0.383 e. The maximum absolute atomic E-state index is 13.2. The monoisotopic (exact) mass is 448 g/mol. The van der Waals surface area contributed by atoms with Gasteiger partial charge in [-0.2, -0.15) is 9.78 Å². The molecule has 0 spiro atoms. The van der Waals surface area contributed by atoms with Crippen LogP contribution in [-0.2, 0) is 6.42 Å². The van der Waals surface area contributed by atoms with E-state index in [4.69, 9.17) is 15.7 Å². The Balaban J connectivity index is 1.54. The van der Waals surface area contributed by atoms with E-state index in [9.17, 15) is 4.79 Å². The van der Waals surface area contributed by atoms with Crippen LogP contribution < -0.4 is 11.1 Å². The second-order valence-electron chi connectivity index (χ2n) is 8.11. The fraction of sp³-hybridized carbons (Fsp3) is 0.111. The summed E-state index contributed by atoms with van der Waals surface area (Å²) in [5, 5.41) is 7.54. The summed E-state index contributed by atoms with van der Waals surface area (Å²) < 4.78 is 1.49. The fourth-order valence-corrected chi connectivity index (χ4v) is 3.92. The standard InChI is InChI=1S/C27H24N6O/c1-18-8-7-11-20(16-18)17-30-33-25(28)23(27(34)29-15-14-19-9-3-2-4-10-19)24-26(33)32-22-13-6-5-12-21(22)31-24/h2-13,16-17H,14-15,28H2,1H3,(H,29,34)/b30-17+. The molecule has 5 aromatic rings. The Kier molecular flexibility index (Phi) is 5.74. The quantitative estimate of drug-likeness (QED) is 0.378. The summed E-state index contributed by atoms with van der Waals surface area (Å²) in [5.41, 5.74) is 12.2. The number of carbonyl (C=O) groups excluding carboxylic acids is 1. The molecule has 5 rings (SSSR count). The third kappa shape index (κ3) is 4.23. The molecule has 0 saturated heterocycles. The van der Waals surface area contributed by atoms with Gasteiger partial charge in [-0.1, -0.05) is 72.3 Å². The summed E-state index contributed by atoms with van der Waals surface area (Å²) in [6.45, 7) is 2.49. The van der Waals surface area contributed by atoms with E-state index < -0.39 is 0 Å². The zero-order chi connectivity index (χ0) is 23.5. The SMILES string of the molecule is Cc1cccc(/C=N/n2c(N)c(C(=O)NCCc3ccccc3)c3nc4ccccc4nc32)c1. The number of aryl methyl sites for hydroxylation is 1. The van der Waals surface area contributed by atoms with Gasteiger partial charge in [-0.3, -0.25) is 4.79 Å². The number of rotatable bonds is 6. The number of amides is 1. The summed E-state index contributed by atoms with van der Waals surface area (Å²) in [6, 6.07) is 25.5. The van der Waals surface area contributed by atoms with E-state index in [1.165, 1.54) is 4.68 Å². The second-order valence-corrected chi connectivity index (χ2v) is 8.11. The molecule has 0 aliphatic carbocycles. The van der Waals surface area contributed by atoms with Crippen LogP contribution in [0.1, 0.15) is 27.0 Å². The number of fused-ring (bicyclic) bond motifs is 2. The van der Waals surface area contributed by atoms with E-state index in [0.29, 0.717) is 35.2 Å². The molecule has 34 heavy (non-hydrogen) atoms. The molecule has 3 aromatic carbocycles. The van der Waals surface area contributed by atoms with E-state index >= 15 is 0 Å². The predicted octanol–water partition coefficient (Wildman–Crippen LogP) is 4.33. The molecule has 2 aromatic heterocycles. The highest BCUT2D eigenvalue weighted by atomic mass is 16.1. The average Bonchev–Trinajstić information content (AvgIpc) is 3.12. The van der Waals surface area contributed by atoms with Crippen molar-refractivity contribution in [2.75, 3.05) is 12.3 Å². The number of nitrogens with two attached hydrogens (primary N) is 1. The van der Waals surface area contributed by atoms with E-state index in [-0.39, 0.29) is 17.3 Å². The van der Waals surface area contributed by atoms with Gasteiger partial charge in [0.15, 0.2) is 5.65 Å². The number of carbonyl (C=O) groups is 1. The summed E-state index contributed by atoms with van der Waals surface area (Å²) in [5.74, 6) is -0.0982. The minimum absolute atomic E-state index is 0.200.